The number of carbonyl (C=O) groups excluding carboxylic acids is 1. The number of carboxylic acids is 1. The highest BCUT2D eigenvalue weighted by molar-refractivity contribution is 6.38. The minimum Gasteiger partial charge on any atom is -0.477 e. The van der Waals surface area contributed by atoms with E-state index in [0.29, 0.717) is 5.56 Å². The van der Waals surface area contributed by atoms with Crippen LogP contribution < -0.4 is 4.74 Å². The number of alkyl halides is 3. The van der Waals surface area contributed by atoms with Gasteiger partial charge in [-0.3, -0.25) is 10.2 Å². The molecule has 0 bridgehead atoms. The standard InChI is InChI=1S/C17H15ClF3N3O4/c1-8(9-4-11(18)13(23-5-9)28-7-17(19,20)21)24-6-16(12(22)15(26)27)3-2-10(16)14(24)25/h2-5,8,10,22H,6-7H2,1H3,(H,26,27)/t8?,10?,16-/m0/s1. The Morgan fingerprint density at radius 2 is 2.25 bits per heavy atom. The van der Waals surface area contributed by atoms with Crippen molar-refractivity contribution in [2.45, 2.75) is 19.1 Å². The predicted octanol–water partition coefficient (Wildman–Crippen LogP) is 2.86. The third-order valence-corrected chi connectivity index (χ3v) is 5.22. The van der Waals surface area contributed by atoms with E-state index in [2.05, 4.69) is 9.72 Å². The molecule has 150 valence electrons. The van der Waals surface area contributed by atoms with E-state index in [-0.39, 0.29) is 23.4 Å². The van der Waals surface area contributed by atoms with Crippen LogP contribution in [0.3, 0.4) is 0 Å². The summed E-state index contributed by atoms with van der Waals surface area (Å²) in [5.74, 6) is -2.84. The van der Waals surface area contributed by atoms with E-state index >= 15 is 0 Å². The number of likely N-dealkylation sites (tertiary alicyclic amines) is 1. The van der Waals surface area contributed by atoms with E-state index in [9.17, 15) is 22.8 Å². The Bertz CT molecular complexity index is 889. The SMILES string of the molecule is CC(c1cnc(OCC(F)(F)F)c(Cl)c1)N1C[C@@]2(C(=N)C(=O)O)C=CC2C1=O. The Morgan fingerprint density at radius 3 is 2.75 bits per heavy atom. The van der Waals surface area contributed by atoms with Crippen LogP contribution in [0, 0.1) is 16.7 Å². The molecule has 0 spiro atoms. The van der Waals surface area contributed by atoms with Crippen LogP contribution in [0.25, 0.3) is 0 Å². The molecule has 0 radical (unpaired) electrons. The zero-order valence-electron chi connectivity index (χ0n) is 14.5. The highest BCUT2D eigenvalue weighted by Gasteiger charge is 2.59. The molecule has 28 heavy (non-hydrogen) atoms. The number of amides is 1. The quantitative estimate of drug-likeness (QED) is 0.547. The summed E-state index contributed by atoms with van der Waals surface area (Å²) >= 11 is 5.95. The van der Waals surface area contributed by atoms with Crippen molar-refractivity contribution in [1.29, 1.82) is 5.41 Å². The van der Waals surface area contributed by atoms with Gasteiger partial charge in [0.05, 0.1) is 17.4 Å². The van der Waals surface area contributed by atoms with Gasteiger partial charge in [0, 0.05) is 12.7 Å². The maximum absolute atomic E-state index is 12.7. The van der Waals surface area contributed by atoms with Crippen molar-refractivity contribution in [3.63, 3.8) is 0 Å². The second-order valence-corrected chi connectivity index (χ2v) is 7.07. The summed E-state index contributed by atoms with van der Waals surface area (Å²) in [4.78, 5) is 29.1. The largest absolute Gasteiger partial charge is 0.477 e. The summed E-state index contributed by atoms with van der Waals surface area (Å²) in [6.45, 7) is 0.125. The number of halogens is 4. The van der Waals surface area contributed by atoms with Crippen LogP contribution >= 0.6 is 11.6 Å². The lowest BCUT2D eigenvalue weighted by Crippen LogP contribution is -2.45. The van der Waals surface area contributed by atoms with Crippen molar-refractivity contribution < 1.29 is 32.6 Å². The summed E-state index contributed by atoms with van der Waals surface area (Å²) in [7, 11) is 0. The van der Waals surface area contributed by atoms with Crippen molar-refractivity contribution >= 4 is 29.2 Å². The van der Waals surface area contributed by atoms with Crippen molar-refractivity contribution in [3.8, 4) is 5.88 Å². The lowest BCUT2D eigenvalue weighted by Gasteiger charge is -2.34. The monoisotopic (exact) mass is 417 g/mol. The number of rotatable bonds is 6. The lowest BCUT2D eigenvalue weighted by molar-refractivity contribution is -0.154. The van der Waals surface area contributed by atoms with Crippen LogP contribution in [0.15, 0.2) is 24.4 Å². The maximum atomic E-state index is 12.7. The molecule has 1 amide bonds. The number of carbonyl (C=O) groups is 2. The summed E-state index contributed by atoms with van der Waals surface area (Å²) in [6, 6.07) is 0.765. The molecule has 1 aliphatic heterocycles. The molecule has 0 saturated carbocycles. The zero-order valence-corrected chi connectivity index (χ0v) is 15.2. The highest BCUT2D eigenvalue weighted by atomic mass is 35.5. The van der Waals surface area contributed by atoms with Gasteiger partial charge in [-0.25, -0.2) is 9.78 Å². The second-order valence-electron chi connectivity index (χ2n) is 6.66. The molecular weight excluding hydrogens is 403 g/mol. The van der Waals surface area contributed by atoms with Crippen molar-refractivity contribution in [1.82, 2.24) is 9.88 Å². The molecular formula is C17H15ClF3N3O4. The topological polar surface area (TPSA) is 104 Å². The first kappa shape index (κ1) is 20.1. The van der Waals surface area contributed by atoms with Crippen LogP contribution in [0.4, 0.5) is 13.2 Å². The van der Waals surface area contributed by atoms with Gasteiger partial charge in [0.15, 0.2) is 6.61 Å². The predicted molar refractivity (Wildman–Crippen MR) is 91.4 cm³/mol. The highest BCUT2D eigenvalue weighted by Crippen LogP contribution is 2.49. The average molecular weight is 418 g/mol. The molecule has 1 aromatic rings. The number of carboxylic acid groups (broad SMARTS) is 1. The van der Waals surface area contributed by atoms with Crippen molar-refractivity contribution in [3.05, 3.63) is 35.0 Å². The van der Waals surface area contributed by atoms with Crippen LogP contribution in [-0.2, 0) is 9.59 Å². The lowest BCUT2D eigenvalue weighted by atomic mass is 9.66. The molecule has 2 N–H and O–H groups in total. The molecule has 0 aromatic carbocycles. The third kappa shape index (κ3) is 3.32. The van der Waals surface area contributed by atoms with E-state index in [1.54, 1.807) is 13.0 Å². The number of pyridine rings is 1. The summed E-state index contributed by atoms with van der Waals surface area (Å²) in [5, 5.41) is 16.8. The Labute approximate surface area is 162 Å². The number of hydrogen-bond acceptors (Lipinski definition) is 5. The smallest absolute Gasteiger partial charge is 0.422 e. The van der Waals surface area contributed by atoms with Gasteiger partial charge in [0.2, 0.25) is 11.8 Å². The fourth-order valence-corrected chi connectivity index (χ4v) is 3.60. The number of aromatic nitrogens is 1. The third-order valence-electron chi connectivity index (χ3n) is 4.95. The van der Waals surface area contributed by atoms with Gasteiger partial charge in [0.25, 0.3) is 0 Å². The molecule has 1 saturated heterocycles. The Hall–Kier alpha value is -2.62. The summed E-state index contributed by atoms with van der Waals surface area (Å²) < 4.78 is 41.3. The Morgan fingerprint density at radius 1 is 1.57 bits per heavy atom. The number of hydrogen-bond donors (Lipinski definition) is 2. The fourth-order valence-electron chi connectivity index (χ4n) is 3.37. The first-order valence-electron chi connectivity index (χ1n) is 8.13. The normalized spacial score (nSPS) is 24.5. The van der Waals surface area contributed by atoms with Gasteiger partial charge in [-0.2, -0.15) is 13.2 Å². The molecule has 3 atom stereocenters. The summed E-state index contributed by atoms with van der Waals surface area (Å²) in [5.41, 5.74) is -1.30. The van der Waals surface area contributed by atoms with Crippen molar-refractivity contribution in [2.24, 2.45) is 11.3 Å². The molecule has 3 rings (SSSR count). The number of nitrogens with zero attached hydrogens (tertiary/aromatic N) is 2. The van der Waals surface area contributed by atoms with E-state index in [4.69, 9.17) is 22.1 Å². The van der Waals surface area contributed by atoms with E-state index in [1.165, 1.54) is 23.2 Å². The molecule has 2 aliphatic rings. The van der Waals surface area contributed by atoms with E-state index in [0.717, 1.165) is 0 Å². The Kier molecular flexibility index (Phi) is 4.86. The van der Waals surface area contributed by atoms with Crippen molar-refractivity contribution in [2.75, 3.05) is 13.2 Å². The number of fused-ring (bicyclic) bond motifs is 1. The fraction of sp³-hybridized carbons (Fsp3) is 0.412. The Balaban J connectivity index is 1.79. The average Bonchev–Trinajstić information content (AvgIpc) is 2.77. The minimum atomic E-state index is -4.53. The van der Waals surface area contributed by atoms with Crippen LogP contribution in [0.2, 0.25) is 5.02 Å². The molecule has 2 heterocycles. The maximum Gasteiger partial charge on any atom is 0.422 e. The van der Waals surface area contributed by atoms with Crippen LogP contribution in [0.1, 0.15) is 18.5 Å². The summed E-state index contributed by atoms with van der Waals surface area (Å²) in [6.07, 6.45) is -0.184. The first-order valence-corrected chi connectivity index (χ1v) is 8.51. The van der Waals surface area contributed by atoms with Gasteiger partial charge >= 0.3 is 12.1 Å². The molecule has 2 unspecified atom stereocenters. The number of aliphatic carboxylic acids is 1. The number of nitrogens with one attached hydrogen (secondary N) is 1. The van der Waals surface area contributed by atoms with Gasteiger partial charge in [-0.1, -0.05) is 23.8 Å². The second kappa shape index (κ2) is 6.77. The molecule has 1 aliphatic carbocycles. The molecule has 1 aromatic heterocycles. The van der Waals surface area contributed by atoms with E-state index in [1.807, 2.05) is 0 Å². The zero-order chi connectivity index (χ0) is 20.9. The van der Waals surface area contributed by atoms with E-state index < -0.39 is 41.8 Å². The van der Waals surface area contributed by atoms with Gasteiger partial charge in [0.1, 0.15) is 10.7 Å². The van der Waals surface area contributed by atoms with Crippen LogP contribution in [-0.4, -0.2) is 51.9 Å². The van der Waals surface area contributed by atoms with Gasteiger partial charge < -0.3 is 14.7 Å². The minimum absolute atomic E-state index is 0.00322. The molecule has 11 heteroatoms. The molecule has 7 nitrogen and oxygen atoms in total. The van der Waals surface area contributed by atoms with Gasteiger partial charge in [-0.15, -0.1) is 0 Å². The van der Waals surface area contributed by atoms with Crippen LogP contribution in [0.5, 0.6) is 5.88 Å². The first-order chi connectivity index (χ1) is 13.0. The molecule has 1 fully saturated rings. The number of ether oxygens (including phenoxy) is 1. The van der Waals surface area contributed by atoms with Gasteiger partial charge in [-0.05, 0) is 18.6 Å².